The summed E-state index contributed by atoms with van der Waals surface area (Å²) in [6.07, 6.45) is 1.91. The van der Waals surface area contributed by atoms with E-state index in [4.69, 9.17) is 0 Å². The standard InChI is InChI=1S/C31H19NO2STe/c1-31(2)23-8-5-7-19-18-6-3-4-9-25(18)32(27(19)23)30-24(31)14-17(36-30)13-22-28(33)20-12-16-10-11-35-26(16)15-21(20)29(22)34/h3-15H,1-2H3/b22-13-. The van der Waals surface area contributed by atoms with Gasteiger partial charge in [-0.15, -0.1) is 0 Å². The molecule has 0 unspecified atom stereocenters. The average Bonchev–Trinajstić information content (AvgIpc) is 3.63. The summed E-state index contributed by atoms with van der Waals surface area (Å²) in [5, 5.41) is 5.58. The second-order valence-corrected chi connectivity index (χ2v) is 14.1. The molecule has 0 saturated carbocycles. The number of Topliss-reactive ketones (excluding diaryl/α,β-unsaturated/α-hetero) is 2. The molecule has 6 aromatic rings. The summed E-state index contributed by atoms with van der Waals surface area (Å²) >= 11 is 0.791. The Hall–Kier alpha value is -3.23. The number of ketones is 2. The first-order valence-corrected chi connectivity index (χ1v) is 15.1. The molecule has 0 amide bonds. The van der Waals surface area contributed by atoms with Gasteiger partial charge in [0.25, 0.3) is 0 Å². The van der Waals surface area contributed by atoms with Crippen molar-refractivity contribution in [3.63, 3.8) is 0 Å². The summed E-state index contributed by atoms with van der Waals surface area (Å²) < 4.78 is 6.03. The zero-order chi connectivity index (χ0) is 24.3. The van der Waals surface area contributed by atoms with Crippen LogP contribution in [-0.4, -0.2) is 36.6 Å². The molecule has 0 N–H and O–H groups in total. The zero-order valence-electron chi connectivity index (χ0n) is 19.6. The molecule has 0 spiro atoms. The molecule has 36 heavy (non-hydrogen) atoms. The van der Waals surface area contributed by atoms with Crippen LogP contribution in [0.4, 0.5) is 0 Å². The number of nitrogens with zero attached hydrogens (tertiary/aromatic N) is 1. The normalized spacial score (nSPS) is 17.0. The SMILES string of the molecule is CC1(C)c2cc(/C=C3/C(=O)c4cc5ccsc5cc4C3=O)[te]c2-n2c3ccccc3c3cccc1c32. The molecule has 172 valence electrons. The Morgan fingerprint density at radius 2 is 1.64 bits per heavy atom. The summed E-state index contributed by atoms with van der Waals surface area (Å²) in [5.41, 5.74) is 6.43. The van der Waals surface area contributed by atoms with Crippen molar-refractivity contribution >= 4 is 81.3 Å². The van der Waals surface area contributed by atoms with Gasteiger partial charge in [0.15, 0.2) is 0 Å². The molecule has 3 aromatic heterocycles. The molecule has 0 saturated heterocycles. The maximum atomic E-state index is 13.4. The molecule has 4 heterocycles. The van der Waals surface area contributed by atoms with Crippen molar-refractivity contribution in [2.75, 3.05) is 0 Å². The number of aromatic nitrogens is 1. The van der Waals surface area contributed by atoms with Crippen molar-refractivity contribution in [3.05, 3.63) is 104 Å². The van der Waals surface area contributed by atoms with Crippen molar-refractivity contribution < 1.29 is 9.59 Å². The Labute approximate surface area is 220 Å². The molecule has 8 rings (SSSR count). The molecule has 2 aliphatic rings. The van der Waals surface area contributed by atoms with Crippen LogP contribution in [0.1, 0.15) is 49.3 Å². The van der Waals surface area contributed by atoms with Gasteiger partial charge in [0.2, 0.25) is 0 Å². The molecule has 1 aliphatic heterocycles. The summed E-state index contributed by atoms with van der Waals surface area (Å²) in [6.45, 7) is 4.60. The van der Waals surface area contributed by atoms with Gasteiger partial charge in [0.05, 0.1) is 0 Å². The molecule has 0 fully saturated rings. The van der Waals surface area contributed by atoms with Crippen molar-refractivity contribution in [1.29, 1.82) is 0 Å². The van der Waals surface area contributed by atoms with Crippen molar-refractivity contribution in [1.82, 2.24) is 4.57 Å². The van der Waals surface area contributed by atoms with Gasteiger partial charge in [-0.25, -0.2) is 0 Å². The van der Waals surface area contributed by atoms with Crippen LogP contribution in [0.2, 0.25) is 0 Å². The van der Waals surface area contributed by atoms with Gasteiger partial charge in [-0.3, -0.25) is 0 Å². The second kappa shape index (κ2) is 6.95. The monoisotopic (exact) mass is 599 g/mol. The summed E-state index contributed by atoms with van der Waals surface area (Å²) in [5.74, 6) is -0.280. The fourth-order valence-electron chi connectivity index (χ4n) is 6.02. The van der Waals surface area contributed by atoms with Gasteiger partial charge in [-0.2, -0.15) is 0 Å². The van der Waals surface area contributed by atoms with Gasteiger partial charge in [0, 0.05) is 0 Å². The quantitative estimate of drug-likeness (QED) is 0.115. The second-order valence-electron chi connectivity index (χ2n) is 10.1. The predicted molar refractivity (Wildman–Crippen MR) is 148 cm³/mol. The number of hydrogen-bond acceptors (Lipinski definition) is 3. The number of hydrogen-bond donors (Lipinski definition) is 0. The fraction of sp³-hybridized carbons (Fsp3) is 0.0968. The van der Waals surface area contributed by atoms with Crippen LogP contribution in [-0.2, 0) is 5.41 Å². The number of thiophene rings is 1. The number of carbonyl (C=O) groups excluding carboxylic acids is 2. The van der Waals surface area contributed by atoms with E-state index >= 15 is 0 Å². The third-order valence-corrected chi connectivity index (χ3v) is 11.8. The number of rotatable bonds is 1. The van der Waals surface area contributed by atoms with E-state index in [2.05, 4.69) is 66.9 Å². The molecular formula is C31H19NO2STe. The van der Waals surface area contributed by atoms with E-state index < -0.39 is 20.4 Å². The van der Waals surface area contributed by atoms with E-state index in [1.807, 2.05) is 29.7 Å². The number of allylic oxidation sites excluding steroid dienone is 1. The Balaban J connectivity index is 1.35. The number of para-hydroxylation sites is 2. The van der Waals surface area contributed by atoms with Crippen LogP contribution in [0.5, 0.6) is 0 Å². The fourth-order valence-corrected chi connectivity index (χ4v) is 10.5. The van der Waals surface area contributed by atoms with Crippen LogP contribution >= 0.6 is 11.3 Å². The predicted octanol–water partition coefficient (Wildman–Crippen LogP) is 7.16. The van der Waals surface area contributed by atoms with Crippen LogP contribution in [0.15, 0.2) is 77.7 Å². The van der Waals surface area contributed by atoms with Gasteiger partial charge < -0.3 is 0 Å². The van der Waals surface area contributed by atoms with Gasteiger partial charge in [-0.05, 0) is 0 Å². The Morgan fingerprint density at radius 1 is 0.861 bits per heavy atom. The Kier molecular flexibility index (Phi) is 4.04. The van der Waals surface area contributed by atoms with E-state index in [0.717, 1.165) is 13.7 Å². The summed E-state index contributed by atoms with van der Waals surface area (Å²) in [4.78, 5) is 26.7. The van der Waals surface area contributed by atoms with E-state index in [9.17, 15) is 9.59 Å². The molecule has 3 nitrogen and oxygen atoms in total. The summed E-state index contributed by atoms with van der Waals surface area (Å²) in [7, 11) is 0. The minimum atomic E-state index is -0.809. The molecule has 0 atom stereocenters. The third-order valence-electron chi connectivity index (χ3n) is 7.83. The number of fused-ring (bicyclic) bond motifs is 7. The van der Waals surface area contributed by atoms with Crippen molar-refractivity contribution in [2.24, 2.45) is 0 Å². The van der Waals surface area contributed by atoms with Gasteiger partial charge >= 0.3 is 222 Å². The van der Waals surface area contributed by atoms with Crippen LogP contribution in [0.25, 0.3) is 41.7 Å². The zero-order valence-corrected chi connectivity index (χ0v) is 22.7. The first-order valence-electron chi connectivity index (χ1n) is 11.9. The van der Waals surface area contributed by atoms with E-state index in [1.165, 1.54) is 36.6 Å². The number of carbonyl (C=O) groups is 2. The van der Waals surface area contributed by atoms with Crippen LogP contribution in [0, 0.1) is 0 Å². The molecule has 3 aromatic carbocycles. The molecular weight excluding hydrogens is 578 g/mol. The average molecular weight is 597 g/mol. The maximum absolute atomic E-state index is 13.4. The minimum absolute atomic E-state index is 0.139. The van der Waals surface area contributed by atoms with Crippen molar-refractivity contribution in [3.8, 4) is 3.70 Å². The third kappa shape index (κ3) is 2.53. The first kappa shape index (κ1) is 20.9. The van der Waals surface area contributed by atoms with Crippen LogP contribution in [0.3, 0.4) is 0 Å². The van der Waals surface area contributed by atoms with E-state index in [-0.39, 0.29) is 17.0 Å². The Morgan fingerprint density at radius 3 is 2.50 bits per heavy atom. The van der Waals surface area contributed by atoms with E-state index in [0.29, 0.717) is 16.7 Å². The molecule has 0 radical (unpaired) electrons. The van der Waals surface area contributed by atoms with Crippen molar-refractivity contribution in [2.45, 2.75) is 19.3 Å². The molecule has 1 aliphatic carbocycles. The topological polar surface area (TPSA) is 39.1 Å². The first-order chi connectivity index (χ1) is 17.4. The van der Waals surface area contributed by atoms with Gasteiger partial charge in [0.1, 0.15) is 0 Å². The number of benzene rings is 3. The molecule has 5 heteroatoms. The van der Waals surface area contributed by atoms with E-state index in [1.54, 1.807) is 11.3 Å². The van der Waals surface area contributed by atoms with Crippen LogP contribution < -0.4 is 0 Å². The summed E-state index contributed by atoms with van der Waals surface area (Å²) in [6, 6.07) is 23.3. The molecule has 0 bridgehead atoms. The Bertz CT molecular complexity index is 1960. The van der Waals surface area contributed by atoms with Gasteiger partial charge in [-0.1, -0.05) is 0 Å².